The Hall–Kier alpha value is -0.900. The summed E-state index contributed by atoms with van der Waals surface area (Å²) in [7, 11) is 0. The van der Waals surface area contributed by atoms with Crippen LogP contribution in [0, 0.1) is 17.8 Å². The van der Waals surface area contributed by atoms with E-state index in [1.807, 2.05) is 4.68 Å². The van der Waals surface area contributed by atoms with E-state index in [-0.39, 0.29) is 0 Å². The average Bonchev–Trinajstić information content (AvgIpc) is 2.77. The largest absolute Gasteiger partial charge is 0.316 e. The smallest absolute Gasteiger partial charge is 0.138 e. The normalized spacial score (nSPS) is 23.3. The van der Waals surface area contributed by atoms with Gasteiger partial charge in [0.2, 0.25) is 0 Å². The van der Waals surface area contributed by atoms with E-state index in [1.54, 1.807) is 6.33 Å². The molecule has 0 aromatic carbocycles. The monoisotopic (exact) mass is 250 g/mol. The average molecular weight is 250 g/mol. The van der Waals surface area contributed by atoms with Crippen LogP contribution in [0.5, 0.6) is 0 Å². The Labute approximate surface area is 110 Å². The van der Waals surface area contributed by atoms with Crippen LogP contribution in [-0.4, -0.2) is 27.9 Å². The van der Waals surface area contributed by atoms with E-state index in [9.17, 15) is 0 Å². The van der Waals surface area contributed by atoms with E-state index < -0.39 is 0 Å². The van der Waals surface area contributed by atoms with Crippen molar-refractivity contribution in [3.05, 3.63) is 12.2 Å². The standard InChI is InChI=1S/C14H26N4/c1-4-18-14(16-10-17-18)7-12-5-6-13(12)9-15-8-11(2)3/h10-13,15H,4-9H2,1-3H3. The molecule has 4 nitrogen and oxygen atoms in total. The van der Waals surface area contributed by atoms with E-state index in [1.165, 1.54) is 19.4 Å². The SMILES string of the molecule is CCn1ncnc1CC1CCC1CNCC(C)C. The molecule has 2 rings (SSSR count). The molecular formula is C14H26N4. The Balaban J connectivity index is 1.76. The number of aromatic nitrogens is 3. The third-order valence-corrected chi connectivity index (χ3v) is 3.97. The predicted octanol–water partition coefficient (Wildman–Crippen LogP) is 2.11. The van der Waals surface area contributed by atoms with Crippen molar-refractivity contribution in [1.29, 1.82) is 0 Å². The van der Waals surface area contributed by atoms with Crippen molar-refractivity contribution in [2.75, 3.05) is 13.1 Å². The van der Waals surface area contributed by atoms with E-state index in [0.29, 0.717) is 0 Å². The van der Waals surface area contributed by atoms with Crippen molar-refractivity contribution >= 4 is 0 Å². The fourth-order valence-corrected chi connectivity index (χ4v) is 2.68. The molecule has 1 aliphatic rings. The molecule has 4 heteroatoms. The summed E-state index contributed by atoms with van der Waals surface area (Å²) >= 11 is 0. The van der Waals surface area contributed by atoms with Crippen LogP contribution in [-0.2, 0) is 13.0 Å². The Morgan fingerprint density at radius 1 is 1.39 bits per heavy atom. The quantitative estimate of drug-likeness (QED) is 0.806. The minimum Gasteiger partial charge on any atom is -0.316 e. The molecule has 0 radical (unpaired) electrons. The molecule has 1 heterocycles. The summed E-state index contributed by atoms with van der Waals surface area (Å²) in [6.07, 6.45) is 5.51. The third kappa shape index (κ3) is 3.31. The molecule has 1 aromatic rings. The minimum atomic E-state index is 0.742. The summed E-state index contributed by atoms with van der Waals surface area (Å²) < 4.78 is 2.02. The van der Waals surface area contributed by atoms with Gasteiger partial charge in [0.05, 0.1) is 0 Å². The summed E-state index contributed by atoms with van der Waals surface area (Å²) in [6.45, 7) is 9.88. The van der Waals surface area contributed by atoms with Crippen molar-refractivity contribution in [2.24, 2.45) is 17.8 Å². The number of hydrogen-bond donors (Lipinski definition) is 1. The highest BCUT2D eigenvalue weighted by Crippen LogP contribution is 2.35. The van der Waals surface area contributed by atoms with Gasteiger partial charge in [0.1, 0.15) is 12.2 Å². The molecule has 2 atom stereocenters. The first kappa shape index (κ1) is 13.5. The molecule has 18 heavy (non-hydrogen) atoms. The van der Waals surface area contributed by atoms with Crippen LogP contribution in [0.1, 0.15) is 39.4 Å². The zero-order valence-corrected chi connectivity index (χ0v) is 11.9. The van der Waals surface area contributed by atoms with Crippen LogP contribution in [0.15, 0.2) is 6.33 Å². The van der Waals surface area contributed by atoms with E-state index >= 15 is 0 Å². The topological polar surface area (TPSA) is 42.7 Å². The highest BCUT2D eigenvalue weighted by Gasteiger charge is 2.31. The van der Waals surface area contributed by atoms with Gasteiger partial charge in [0, 0.05) is 13.0 Å². The molecule has 0 saturated heterocycles. The number of nitrogens with one attached hydrogen (secondary N) is 1. The maximum absolute atomic E-state index is 4.38. The molecule has 1 N–H and O–H groups in total. The summed E-state index contributed by atoms with van der Waals surface area (Å²) in [5.41, 5.74) is 0. The van der Waals surface area contributed by atoms with Gasteiger partial charge in [0.15, 0.2) is 0 Å². The summed E-state index contributed by atoms with van der Waals surface area (Å²) in [4.78, 5) is 4.38. The number of hydrogen-bond acceptors (Lipinski definition) is 3. The van der Waals surface area contributed by atoms with E-state index in [0.717, 1.165) is 43.1 Å². The lowest BCUT2D eigenvalue weighted by molar-refractivity contribution is 0.165. The highest BCUT2D eigenvalue weighted by atomic mass is 15.3. The zero-order chi connectivity index (χ0) is 13.0. The molecule has 1 saturated carbocycles. The van der Waals surface area contributed by atoms with Crippen molar-refractivity contribution in [1.82, 2.24) is 20.1 Å². The van der Waals surface area contributed by atoms with Crippen LogP contribution in [0.4, 0.5) is 0 Å². The van der Waals surface area contributed by atoms with E-state index in [4.69, 9.17) is 0 Å². The minimum absolute atomic E-state index is 0.742. The molecule has 1 aliphatic carbocycles. The van der Waals surface area contributed by atoms with Gasteiger partial charge >= 0.3 is 0 Å². The Bertz CT molecular complexity index is 358. The number of rotatable bonds is 7. The highest BCUT2D eigenvalue weighted by molar-refractivity contribution is 4.93. The lowest BCUT2D eigenvalue weighted by Crippen LogP contribution is -2.38. The fraction of sp³-hybridized carbons (Fsp3) is 0.857. The third-order valence-electron chi connectivity index (χ3n) is 3.97. The number of aryl methyl sites for hydroxylation is 1. The van der Waals surface area contributed by atoms with Crippen LogP contribution >= 0.6 is 0 Å². The van der Waals surface area contributed by atoms with Gasteiger partial charge in [-0.15, -0.1) is 0 Å². The lowest BCUT2D eigenvalue weighted by Gasteiger charge is -2.37. The zero-order valence-electron chi connectivity index (χ0n) is 11.9. The van der Waals surface area contributed by atoms with Crippen LogP contribution in [0.3, 0.4) is 0 Å². The Morgan fingerprint density at radius 2 is 2.17 bits per heavy atom. The molecule has 0 spiro atoms. The first-order valence-corrected chi connectivity index (χ1v) is 7.28. The van der Waals surface area contributed by atoms with Crippen LogP contribution in [0.25, 0.3) is 0 Å². The molecule has 2 unspecified atom stereocenters. The van der Waals surface area contributed by atoms with Gasteiger partial charge in [0.25, 0.3) is 0 Å². The summed E-state index contributed by atoms with van der Waals surface area (Å²) in [6, 6.07) is 0. The van der Waals surface area contributed by atoms with Gasteiger partial charge in [-0.1, -0.05) is 13.8 Å². The number of nitrogens with zero attached hydrogens (tertiary/aromatic N) is 3. The molecule has 0 amide bonds. The second-order valence-electron chi connectivity index (χ2n) is 5.85. The van der Waals surface area contributed by atoms with Gasteiger partial charge in [-0.3, -0.25) is 4.68 Å². The van der Waals surface area contributed by atoms with Gasteiger partial charge in [-0.25, -0.2) is 4.98 Å². The Kier molecular flexibility index (Phi) is 4.75. The maximum atomic E-state index is 4.38. The second-order valence-corrected chi connectivity index (χ2v) is 5.85. The van der Waals surface area contributed by atoms with Crippen molar-refractivity contribution in [3.8, 4) is 0 Å². The van der Waals surface area contributed by atoms with Crippen molar-refractivity contribution < 1.29 is 0 Å². The van der Waals surface area contributed by atoms with Gasteiger partial charge in [-0.2, -0.15) is 5.10 Å². The molecule has 1 fully saturated rings. The molecule has 0 bridgehead atoms. The first-order valence-electron chi connectivity index (χ1n) is 7.28. The van der Waals surface area contributed by atoms with Crippen molar-refractivity contribution in [3.63, 3.8) is 0 Å². The van der Waals surface area contributed by atoms with Gasteiger partial charge in [-0.05, 0) is 50.6 Å². The fourth-order valence-electron chi connectivity index (χ4n) is 2.68. The van der Waals surface area contributed by atoms with E-state index in [2.05, 4.69) is 36.2 Å². The molecule has 0 aliphatic heterocycles. The maximum Gasteiger partial charge on any atom is 0.138 e. The van der Waals surface area contributed by atoms with Crippen molar-refractivity contribution in [2.45, 2.75) is 46.6 Å². The summed E-state index contributed by atoms with van der Waals surface area (Å²) in [5.74, 6) is 3.55. The predicted molar refractivity (Wildman–Crippen MR) is 73.3 cm³/mol. The van der Waals surface area contributed by atoms with Gasteiger partial charge < -0.3 is 5.32 Å². The second kappa shape index (κ2) is 6.32. The molecule has 1 aromatic heterocycles. The Morgan fingerprint density at radius 3 is 2.78 bits per heavy atom. The molecular weight excluding hydrogens is 224 g/mol. The van der Waals surface area contributed by atoms with Crippen LogP contribution in [0.2, 0.25) is 0 Å². The van der Waals surface area contributed by atoms with Crippen LogP contribution < -0.4 is 5.32 Å². The summed E-state index contributed by atoms with van der Waals surface area (Å²) in [5, 5.41) is 7.83. The lowest BCUT2D eigenvalue weighted by atomic mass is 9.71. The molecule has 102 valence electrons. The first-order chi connectivity index (χ1) is 8.70.